The molecule has 0 radical (unpaired) electrons. The van der Waals surface area contributed by atoms with E-state index < -0.39 is 17.6 Å². The van der Waals surface area contributed by atoms with Gasteiger partial charge in [0.15, 0.2) is 0 Å². The first kappa shape index (κ1) is 15.1. The molecule has 0 saturated heterocycles. The van der Waals surface area contributed by atoms with E-state index in [4.69, 9.17) is 5.11 Å². The van der Waals surface area contributed by atoms with Crippen LogP contribution in [0.25, 0.3) is 0 Å². The fourth-order valence-corrected chi connectivity index (χ4v) is 1.57. The van der Waals surface area contributed by atoms with Crippen LogP contribution in [0.5, 0.6) is 0 Å². The third kappa shape index (κ3) is 5.94. The average Bonchev–Trinajstić information content (AvgIpc) is 2.33. The summed E-state index contributed by atoms with van der Waals surface area (Å²) in [5.74, 6) is -2.28. The van der Waals surface area contributed by atoms with Crippen molar-refractivity contribution in [3.05, 3.63) is 35.4 Å². The van der Waals surface area contributed by atoms with Crippen LogP contribution in [0.2, 0.25) is 0 Å². The van der Waals surface area contributed by atoms with Crippen LogP contribution in [0.4, 0.5) is 8.78 Å². The van der Waals surface area contributed by atoms with E-state index in [9.17, 15) is 18.4 Å². The number of hydrogen-bond acceptors (Lipinski definition) is 2. The number of aliphatic carboxylic acids is 1. The predicted octanol–water partition coefficient (Wildman–Crippen LogP) is 1.88. The van der Waals surface area contributed by atoms with Crippen molar-refractivity contribution >= 4 is 11.9 Å². The molecule has 19 heavy (non-hydrogen) atoms. The third-order valence-corrected chi connectivity index (χ3v) is 2.52. The maximum absolute atomic E-state index is 13.3. The van der Waals surface area contributed by atoms with E-state index >= 15 is 0 Å². The zero-order valence-corrected chi connectivity index (χ0v) is 10.3. The van der Waals surface area contributed by atoms with Gasteiger partial charge in [-0.2, -0.15) is 0 Å². The summed E-state index contributed by atoms with van der Waals surface area (Å²) < 4.78 is 26.1. The Balaban J connectivity index is 2.28. The lowest BCUT2D eigenvalue weighted by Gasteiger charge is -2.05. The molecule has 0 spiro atoms. The highest BCUT2D eigenvalue weighted by Crippen LogP contribution is 2.12. The molecule has 6 heteroatoms. The number of hydrogen-bond donors (Lipinski definition) is 2. The maximum Gasteiger partial charge on any atom is 0.305 e. The van der Waals surface area contributed by atoms with Crippen molar-refractivity contribution in [1.82, 2.24) is 5.32 Å². The number of carboxylic acids is 1. The number of nitrogens with one attached hydrogen (secondary N) is 1. The number of rotatable bonds is 7. The summed E-state index contributed by atoms with van der Waals surface area (Å²) in [6.45, 7) is 0.0719. The van der Waals surface area contributed by atoms with Crippen LogP contribution >= 0.6 is 0 Å². The van der Waals surface area contributed by atoms with Gasteiger partial charge in [0.05, 0.1) is 6.42 Å². The summed E-state index contributed by atoms with van der Waals surface area (Å²) in [6.07, 6.45) is 0.648. The summed E-state index contributed by atoms with van der Waals surface area (Å²) in [7, 11) is 0. The first-order chi connectivity index (χ1) is 8.99. The molecule has 0 bridgehead atoms. The van der Waals surface area contributed by atoms with Gasteiger partial charge in [0.1, 0.15) is 11.6 Å². The van der Waals surface area contributed by atoms with Crippen molar-refractivity contribution in [2.45, 2.75) is 25.7 Å². The normalized spacial score (nSPS) is 10.2. The van der Waals surface area contributed by atoms with Gasteiger partial charge < -0.3 is 10.4 Å². The number of carbonyl (C=O) groups is 2. The number of carbonyl (C=O) groups excluding carboxylic acids is 1. The molecule has 4 nitrogen and oxygen atoms in total. The Labute approximate surface area is 109 Å². The van der Waals surface area contributed by atoms with E-state index in [0.717, 1.165) is 18.2 Å². The van der Waals surface area contributed by atoms with Crippen LogP contribution in [0, 0.1) is 11.6 Å². The second kappa shape index (κ2) is 7.45. The average molecular weight is 271 g/mol. The number of halogens is 2. The monoisotopic (exact) mass is 271 g/mol. The highest BCUT2D eigenvalue weighted by atomic mass is 19.1. The minimum atomic E-state index is -0.984. The fourth-order valence-electron chi connectivity index (χ4n) is 1.57. The van der Waals surface area contributed by atoms with Gasteiger partial charge >= 0.3 is 5.97 Å². The second-order valence-electron chi connectivity index (χ2n) is 4.08. The van der Waals surface area contributed by atoms with E-state index in [2.05, 4.69) is 5.32 Å². The van der Waals surface area contributed by atoms with Gasteiger partial charge in [-0.05, 0) is 36.6 Å². The van der Waals surface area contributed by atoms with Crippen LogP contribution in [0.1, 0.15) is 24.8 Å². The zero-order valence-electron chi connectivity index (χ0n) is 10.3. The minimum Gasteiger partial charge on any atom is -0.481 e. The van der Waals surface area contributed by atoms with E-state index in [1.54, 1.807) is 0 Å². The van der Waals surface area contributed by atoms with Crippen molar-refractivity contribution in [1.29, 1.82) is 0 Å². The fraction of sp³-hybridized carbons (Fsp3) is 0.385. The Morgan fingerprint density at radius 3 is 2.63 bits per heavy atom. The first-order valence-electron chi connectivity index (χ1n) is 5.91. The summed E-state index contributed by atoms with van der Waals surface area (Å²) in [6, 6.07) is 3.20. The molecule has 0 aliphatic rings. The number of aryl methyl sites for hydroxylation is 1. The van der Waals surface area contributed by atoms with Crippen LogP contribution in [0.3, 0.4) is 0 Å². The Hall–Kier alpha value is -1.98. The van der Waals surface area contributed by atoms with Crippen molar-refractivity contribution in [2.24, 2.45) is 0 Å². The molecule has 0 unspecified atom stereocenters. The van der Waals surface area contributed by atoms with Crippen LogP contribution in [-0.4, -0.2) is 23.5 Å². The van der Waals surface area contributed by atoms with Crippen molar-refractivity contribution in [3.63, 3.8) is 0 Å². The SMILES string of the molecule is O=C(O)CCNC(=O)CCCc1cc(F)ccc1F. The quantitative estimate of drug-likeness (QED) is 0.795. The molecule has 2 N–H and O–H groups in total. The molecule has 104 valence electrons. The number of carboxylic acid groups (broad SMARTS) is 1. The zero-order chi connectivity index (χ0) is 14.3. The molecule has 1 rings (SSSR count). The van der Waals surface area contributed by atoms with E-state index in [-0.39, 0.29) is 37.3 Å². The third-order valence-electron chi connectivity index (χ3n) is 2.52. The Morgan fingerprint density at radius 1 is 1.21 bits per heavy atom. The molecular weight excluding hydrogens is 256 g/mol. The topological polar surface area (TPSA) is 66.4 Å². The predicted molar refractivity (Wildman–Crippen MR) is 64.6 cm³/mol. The summed E-state index contributed by atoms with van der Waals surface area (Å²) >= 11 is 0. The van der Waals surface area contributed by atoms with E-state index in [0.29, 0.717) is 6.42 Å². The van der Waals surface area contributed by atoms with Gasteiger partial charge in [0, 0.05) is 13.0 Å². The van der Waals surface area contributed by atoms with E-state index in [1.165, 1.54) is 0 Å². The highest BCUT2D eigenvalue weighted by molar-refractivity contribution is 5.76. The van der Waals surface area contributed by atoms with Crippen molar-refractivity contribution < 1.29 is 23.5 Å². The van der Waals surface area contributed by atoms with E-state index in [1.807, 2.05) is 0 Å². The van der Waals surface area contributed by atoms with Crippen molar-refractivity contribution in [3.8, 4) is 0 Å². The lowest BCUT2D eigenvalue weighted by Crippen LogP contribution is -2.25. The van der Waals surface area contributed by atoms with Crippen molar-refractivity contribution in [2.75, 3.05) is 6.54 Å². The van der Waals surface area contributed by atoms with Crippen LogP contribution in [0.15, 0.2) is 18.2 Å². The highest BCUT2D eigenvalue weighted by Gasteiger charge is 2.06. The standard InChI is InChI=1S/C13H15F2NO3/c14-10-4-5-11(15)9(8-10)2-1-3-12(17)16-7-6-13(18)19/h4-5,8H,1-3,6-7H2,(H,16,17)(H,18,19). The summed E-state index contributed by atoms with van der Waals surface area (Å²) in [5.41, 5.74) is 0.235. The van der Waals surface area contributed by atoms with Gasteiger partial charge in [-0.1, -0.05) is 0 Å². The molecule has 1 amide bonds. The first-order valence-corrected chi connectivity index (χ1v) is 5.91. The summed E-state index contributed by atoms with van der Waals surface area (Å²) in [4.78, 5) is 21.5. The molecule has 0 heterocycles. The van der Waals surface area contributed by atoms with Gasteiger partial charge in [0.25, 0.3) is 0 Å². The summed E-state index contributed by atoms with van der Waals surface area (Å²) in [5, 5.41) is 10.8. The minimum absolute atomic E-state index is 0.0719. The van der Waals surface area contributed by atoms with Gasteiger partial charge in [0.2, 0.25) is 5.91 Å². The Bertz CT molecular complexity index is 463. The molecule has 0 atom stereocenters. The molecule has 1 aromatic rings. The van der Waals surface area contributed by atoms with Crippen LogP contribution < -0.4 is 5.32 Å². The Morgan fingerprint density at radius 2 is 1.95 bits per heavy atom. The molecule has 1 aromatic carbocycles. The van der Waals surface area contributed by atoms with Gasteiger partial charge in [-0.15, -0.1) is 0 Å². The second-order valence-corrected chi connectivity index (χ2v) is 4.08. The lowest BCUT2D eigenvalue weighted by molar-refractivity contribution is -0.136. The van der Waals surface area contributed by atoms with Gasteiger partial charge in [-0.3, -0.25) is 9.59 Å². The molecule has 0 fully saturated rings. The number of amides is 1. The smallest absolute Gasteiger partial charge is 0.305 e. The van der Waals surface area contributed by atoms with Gasteiger partial charge in [-0.25, -0.2) is 8.78 Å². The Kier molecular flexibility index (Phi) is 5.92. The molecule has 0 saturated carbocycles. The molecular formula is C13H15F2NO3. The molecule has 0 aliphatic carbocycles. The molecule has 0 aromatic heterocycles. The maximum atomic E-state index is 13.3. The molecule has 0 aliphatic heterocycles. The van der Waals surface area contributed by atoms with Crippen LogP contribution in [-0.2, 0) is 16.0 Å². The number of benzene rings is 1. The lowest BCUT2D eigenvalue weighted by atomic mass is 10.1. The largest absolute Gasteiger partial charge is 0.481 e.